The normalized spacial score (nSPS) is 15.0. The largest absolute Gasteiger partial charge is 0.350 e. The number of nitrogens with one attached hydrogen (secondary N) is 2. The maximum atomic E-state index is 14.4. The van der Waals surface area contributed by atoms with Gasteiger partial charge in [-0.3, -0.25) is 20.2 Å². The Kier molecular flexibility index (Phi) is 6.62. The van der Waals surface area contributed by atoms with Crippen molar-refractivity contribution in [2.45, 2.75) is 24.7 Å². The molecule has 0 unspecified atom stereocenters. The number of aromatic nitrogens is 3. The Morgan fingerprint density at radius 2 is 1.93 bits per heavy atom. The molecule has 2 heterocycles. The number of piperidine rings is 1. The Bertz CT molecular complexity index is 853. The maximum absolute atomic E-state index is 14.4. The van der Waals surface area contributed by atoms with Crippen LogP contribution in [0.1, 0.15) is 30.1 Å². The molecule has 1 saturated heterocycles. The van der Waals surface area contributed by atoms with Crippen LogP contribution in [0.3, 0.4) is 0 Å². The molecule has 152 valence electrons. The highest BCUT2D eigenvalue weighted by Gasteiger charge is 2.42. The summed E-state index contributed by atoms with van der Waals surface area (Å²) in [6, 6.07) is 3.56. The topological polar surface area (TPSA) is 115 Å². The van der Waals surface area contributed by atoms with Gasteiger partial charge >= 0.3 is 11.8 Å². The molecule has 28 heavy (non-hydrogen) atoms. The Balaban J connectivity index is 0.00000280. The van der Waals surface area contributed by atoms with Crippen LogP contribution < -0.4 is 10.6 Å². The molecular weight excluding hydrogens is 398 g/mol. The lowest BCUT2D eigenvalue weighted by atomic mass is 9.98. The Morgan fingerprint density at radius 1 is 1.32 bits per heavy atom. The number of alkyl halides is 2. The molecule has 0 bridgehead atoms. The van der Waals surface area contributed by atoms with E-state index in [1.165, 1.54) is 11.7 Å². The van der Waals surface area contributed by atoms with Gasteiger partial charge in [0.15, 0.2) is 5.82 Å². The molecule has 9 nitrogen and oxygen atoms in total. The highest BCUT2D eigenvalue weighted by Crippen LogP contribution is 2.31. The fourth-order valence-corrected chi connectivity index (χ4v) is 2.87. The van der Waals surface area contributed by atoms with Crippen molar-refractivity contribution in [2.75, 3.05) is 18.4 Å². The number of hydrogen-bond acceptors (Lipinski definition) is 6. The first-order valence-electron chi connectivity index (χ1n) is 8.35. The summed E-state index contributed by atoms with van der Waals surface area (Å²) < 4.78 is 30.1. The third-order valence-corrected chi connectivity index (χ3v) is 4.43. The van der Waals surface area contributed by atoms with E-state index in [9.17, 15) is 23.7 Å². The van der Waals surface area contributed by atoms with Gasteiger partial charge in [0, 0.05) is 30.7 Å². The van der Waals surface area contributed by atoms with Gasteiger partial charge in [-0.15, -0.1) is 12.4 Å². The number of amides is 1. The monoisotopic (exact) mass is 416 g/mol. The number of carbonyl (C=O) groups excluding carboxylic acids is 1. The molecular formula is C16H19ClF2N6O3. The summed E-state index contributed by atoms with van der Waals surface area (Å²) in [4.78, 5) is 26.2. The predicted molar refractivity (Wildman–Crippen MR) is 98.7 cm³/mol. The minimum Gasteiger partial charge on any atom is -0.317 e. The highest BCUT2D eigenvalue weighted by molar-refractivity contribution is 5.95. The van der Waals surface area contributed by atoms with Gasteiger partial charge in [-0.05, 0) is 38.1 Å². The highest BCUT2D eigenvalue weighted by atomic mass is 35.5. The smallest absolute Gasteiger partial charge is 0.317 e. The average Bonchev–Trinajstić information content (AvgIpc) is 3.03. The van der Waals surface area contributed by atoms with E-state index in [-0.39, 0.29) is 30.0 Å². The van der Waals surface area contributed by atoms with Gasteiger partial charge in [0.2, 0.25) is 5.95 Å². The van der Waals surface area contributed by atoms with Gasteiger partial charge in [-0.1, -0.05) is 0 Å². The summed E-state index contributed by atoms with van der Waals surface area (Å²) in [6.07, 6.45) is 1.66. The van der Waals surface area contributed by atoms with Crippen molar-refractivity contribution in [3.05, 3.63) is 45.8 Å². The number of rotatable bonds is 5. The van der Waals surface area contributed by atoms with E-state index in [4.69, 9.17) is 0 Å². The van der Waals surface area contributed by atoms with Crippen molar-refractivity contribution < 1.29 is 18.5 Å². The van der Waals surface area contributed by atoms with Crippen molar-refractivity contribution in [1.82, 2.24) is 20.1 Å². The molecule has 3 rings (SSSR count). The Labute approximate surface area is 165 Å². The molecule has 1 amide bonds. The van der Waals surface area contributed by atoms with E-state index in [0.29, 0.717) is 5.82 Å². The van der Waals surface area contributed by atoms with Crippen LogP contribution in [0.5, 0.6) is 0 Å². The Morgan fingerprint density at radius 3 is 2.50 bits per heavy atom. The molecule has 0 radical (unpaired) electrons. The standard InChI is InChI=1S/C16H18F2N6O3.ClH/c1-23-15(20-13(22-23)10-6-8-19-9-7-10)21-14(25)16(17,18)11-2-4-12(5-3-11)24(26)27;/h2-5,10,19H,6-9H2,1H3,(H,20,21,22,25);1H. The summed E-state index contributed by atoms with van der Waals surface area (Å²) in [5.41, 5.74) is -0.985. The van der Waals surface area contributed by atoms with Crippen LogP contribution in [0.15, 0.2) is 24.3 Å². The van der Waals surface area contributed by atoms with Gasteiger partial charge in [0.05, 0.1) is 4.92 Å². The van der Waals surface area contributed by atoms with Crippen LogP contribution >= 0.6 is 12.4 Å². The van der Waals surface area contributed by atoms with Crippen LogP contribution in [-0.2, 0) is 17.8 Å². The van der Waals surface area contributed by atoms with E-state index < -0.39 is 22.3 Å². The second-order valence-electron chi connectivity index (χ2n) is 6.27. The van der Waals surface area contributed by atoms with Crippen molar-refractivity contribution in [2.24, 2.45) is 7.05 Å². The molecule has 2 N–H and O–H groups in total. The van der Waals surface area contributed by atoms with Gasteiger partial charge < -0.3 is 5.32 Å². The SMILES string of the molecule is Cl.Cn1nc(C2CCNCC2)nc1NC(=O)C(F)(F)c1ccc([N+](=O)[O-])cc1. The number of carbonyl (C=O) groups is 1. The number of non-ortho nitro benzene ring substituents is 1. The fraction of sp³-hybridized carbons (Fsp3) is 0.438. The molecule has 1 aromatic heterocycles. The zero-order valence-electron chi connectivity index (χ0n) is 14.9. The number of halogens is 3. The molecule has 1 fully saturated rings. The number of benzene rings is 1. The van der Waals surface area contributed by atoms with Gasteiger partial charge in [-0.25, -0.2) is 4.68 Å². The van der Waals surface area contributed by atoms with E-state index in [2.05, 4.69) is 20.7 Å². The van der Waals surface area contributed by atoms with Gasteiger partial charge in [0.25, 0.3) is 5.69 Å². The summed E-state index contributed by atoms with van der Waals surface area (Å²) in [6.45, 7) is 1.64. The molecule has 12 heteroatoms. The van der Waals surface area contributed by atoms with E-state index in [1.807, 2.05) is 0 Å². The average molecular weight is 417 g/mol. The lowest BCUT2D eigenvalue weighted by Gasteiger charge is -2.19. The molecule has 1 aliphatic heterocycles. The van der Waals surface area contributed by atoms with Crippen molar-refractivity contribution >= 4 is 29.9 Å². The van der Waals surface area contributed by atoms with Crippen molar-refractivity contribution in [3.63, 3.8) is 0 Å². The van der Waals surface area contributed by atoms with E-state index >= 15 is 0 Å². The minimum absolute atomic E-state index is 0. The third-order valence-electron chi connectivity index (χ3n) is 4.43. The van der Waals surface area contributed by atoms with Gasteiger partial charge in [0.1, 0.15) is 0 Å². The minimum atomic E-state index is -3.88. The van der Waals surface area contributed by atoms with Crippen molar-refractivity contribution in [1.29, 1.82) is 0 Å². The van der Waals surface area contributed by atoms with Crippen LogP contribution in [0.4, 0.5) is 20.4 Å². The molecule has 1 aliphatic rings. The third kappa shape index (κ3) is 4.42. The fourth-order valence-electron chi connectivity index (χ4n) is 2.87. The second kappa shape index (κ2) is 8.57. The van der Waals surface area contributed by atoms with Crippen LogP contribution in [0.2, 0.25) is 0 Å². The number of hydrogen-bond donors (Lipinski definition) is 2. The molecule has 0 aliphatic carbocycles. The first-order chi connectivity index (χ1) is 12.8. The first kappa shape index (κ1) is 21.6. The lowest BCUT2D eigenvalue weighted by molar-refractivity contribution is -0.384. The number of nitrogens with zero attached hydrogens (tertiary/aromatic N) is 4. The summed E-state index contributed by atoms with van der Waals surface area (Å²) in [7, 11) is 1.51. The van der Waals surface area contributed by atoms with Crippen molar-refractivity contribution in [3.8, 4) is 0 Å². The number of aryl methyl sites for hydroxylation is 1. The zero-order chi connectivity index (χ0) is 19.6. The molecule has 1 aromatic carbocycles. The summed E-state index contributed by atoms with van der Waals surface area (Å²) in [5, 5.41) is 20.2. The molecule has 0 atom stereocenters. The lowest BCUT2D eigenvalue weighted by Crippen LogP contribution is -2.33. The predicted octanol–water partition coefficient (Wildman–Crippen LogP) is 2.34. The Hall–Kier alpha value is -2.66. The van der Waals surface area contributed by atoms with E-state index in [1.54, 1.807) is 0 Å². The molecule has 2 aromatic rings. The maximum Gasteiger partial charge on any atom is 0.350 e. The quantitative estimate of drug-likeness (QED) is 0.571. The van der Waals surface area contributed by atoms with Crippen LogP contribution in [-0.4, -0.2) is 38.7 Å². The van der Waals surface area contributed by atoms with Crippen LogP contribution in [0.25, 0.3) is 0 Å². The summed E-state index contributed by atoms with van der Waals surface area (Å²) in [5.74, 6) is -4.92. The molecule has 0 saturated carbocycles. The zero-order valence-corrected chi connectivity index (χ0v) is 15.7. The number of nitro groups is 1. The van der Waals surface area contributed by atoms with E-state index in [0.717, 1.165) is 50.2 Å². The molecule has 0 spiro atoms. The summed E-state index contributed by atoms with van der Waals surface area (Å²) >= 11 is 0. The first-order valence-corrected chi connectivity index (χ1v) is 8.35. The number of nitro benzene ring substituents is 1. The van der Waals surface area contributed by atoms with Crippen LogP contribution in [0, 0.1) is 10.1 Å². The number of anilines is 1. The second-order valence-corrected chi connectivity index (χ2v) is 6.27. The van der Waals surface area contributed by atoms with Gasteiger partial charge in [-0.2, -0.15) is 18.9 Å².